The molecule has 6 nitrogen and oxygen atoms in total. The summed E-state index contributed by atoms with van der Waals surface area (Å²) in [5, 5.41) is 13.2. The van der Waals surface area contributed by atoms with Gasteiger partial charge in [0, 0.05) is 22.0 Å². The van der Waals surface area contributed by atoms with Crippen LogP contribution in [0.5, 0.6) is 0 Å². The van der Waals surface area contributed by atoms with E-state index in [1.165, 1.54) is 11.3 Å². The van der Waals surface area contributed by atoms with E-state index in [1.807, 2.05) is 63.5 Å². The Balaban J connectivity index is 2.01. The highest BCUT2D eigenvalue weighted by Crippen LogP contribution is 2.35. The van der Waals surface area contributed by atoms with Gasteiger partial charge in [-0.1, -0.05) is 17.7 Å². The molecule has 0 saturated heterocycles. The molecule has 1 aromatic carbocycles. The summed E-state index contributed by atoms with van der Waals surface area (Å²) in [5.41, 5.74) is 5.61. The van der Waals surface area contributed by atoms with Crippen LogP contribution in [0.2, 0.25) is 0 Å². The fourth-order valence-corrected chi connectivity index (χ4v) is 4.85. The highest BCUT2D eigenvalue weighted by molar-refractivity contribution is 7.15. The van der Waals surface area contributed by atoms with Crippen molar-refractivity contribution in [2.45, 2.75) is 41.5 Å². The van der Waals surface area contributed by atoms with Crippen molar-refractivity contribution in [2.75, 3.05) is 11.9 Å². The number of rotatable bonds is 6. The third-order valence-electron chi connectivity index (χ3n) is 5.49. The number of anilines is 1. The highest BCUT2D eigenvalue weighted by Gasteiger charge is 2.24. The Morgan fingerprint density at radius 3 is 2.42 bits per heavy atom. The summed E-state index contributed by atoms with van der Waals surface area (Å²) in [7, 11) is 0. The number of carbonyl (C=O) groups is 2. The van der Waals surface area contributed by atoms with E-state index in [0.717, 1.165) is 38.0 Å². The SMILES string of the molecule is CCOC(=O)c1c(-n2c(C)cc(/C=C(/C#N)C(=O)Nc3ccc(C)cc3)c2C)sc(C)c1C. The van der Waals surface area contributed by atoms with E-state index in [4.69, 9.17) is 4.74 Å². The number of aromatic nitrogens is 1. The summed E-state index contributed by atoms with van der Waals surface area (Å²) in [4.78, 5) is 26.4. The molecule has 0 unspecified atom stereocenters. The van der Waals surface area contributed by atoms with Crippen LogP contribution in [0, 0.1) is 45.9 Å². The second-order valence-electron chi connectivity index (χ2n) is 7.84. The minimum atomic E-state index is -0.471. The molecule has 33 heavy (non-hydrogen) atoms. The standard InChI is InChI=1S/C26H27N3O3S/c1-7-32-26(31)23-17(4)19(6)33-25(23)29-16(3)12-20(18(29)5)13-21(14-27)24(30)28-22-10-8-15(2)9-11-22/h8-13H,7H2,1-6H3,(H,28,30)/b21-13-. The first-order chi connectivity index (χ1) is 15.7. The molecule has 2 heterocycles. The number of nitriles is 1. The van der Waals surface area contributed by atoms with E-state index in [9.17, 15) is 14.9 Å². The Kier molecular flexibility index (Phi) is 7.19. The molecule has 0 fully saturated rings. The number of aryl methyl sites for hydroxylation is 3. The molecule has 1 amide bonds. The molecule has 0 aliphatic rings. The Morgan fingerprint density at radius 1 is 1.15 bits per heavy atom. The molecule has 0 bridgehead atoms. The van der Waals surface area contributed by atoms with E-state index < -0.39 is 5.91 Å². The number of thiophene rings is 1. The molecule has 0 spiro atoms. The normalized spacial score (nSPS) is 11.2. The Bertz CT molecular complexity index is 1290. The van der Waals surface area contributed by atoms with Crippen LogP contribution in [0.4, 0.5) is 5.69 Å². The van der Waals surface area contributed by atoms with Gasteiger partial charge < -0.3 is 14.6 Å². The predicted octanol–water partition coefficient (Wildman–Crippen LogP) is 5.80. The number of benzene rings is 1. The number of nitrogens with one attached hydrogen (secondary N) is 1. The zero-order valence-corrected chi connectivity index (χ0v) is 20.5. The van der Waals surface area contributed by atoms with Gasteiger partial charge in [-0.25, -0.2) is 4.79 Å². The van der Waals surface area contributed by atoms with Crippen LogP contribution in [0.1, 0.15) is 50.2 Å². The van der Waals surface area contributed by atoms with E-state index in [2.05, 4.69) is 5.32 Å². The van der Waals surface area contributed by atoms with Crippen LogP contribution < -0.4 is 5.32 Å². The average molecular weight is 462 g/mol. The maximum atomic E-state index is 12.7. The van der Waals surface area contributed by atoms with Gasteiger partial charge >= 0.3 is 5.97 Å². The topological polar surface area (TPSA) is 84.1 Å². The van der Waals surface area contributed by atoms with Crippen molar-refractivity contribution in [1.29, 1.82) is 5.26 Å². The van der Waals surface area contributed by atoms with Crippen LogP contribution in [0.3, 0.4) is 0 Å². The van der Waals surface area contributed by atoms with Crippen LogP contribution >= 0.6 is 11.3 Å². The van der Waals surface area contributed by atoms with Crippen molar-refractivity contribution in [3.63, 3.8) is 0 Å². The lowest BCUT2D eigenvalue weighted by Gasteiger charge is -2.11. The molecule has 7 heteroatoms. The summed E-state index contributed by atoms with van der Waals surface area (Å²) in [5.74, 6) is -0.824. The summed E-state index contributed by atoms with van der Waals surface area (Å²) >= 11 is 1.52. The molecule has 3 aromatic rings. The third-order valence-corrected chi connectivity index (χ3v) is 6.69. The molecule has 0 radical (unpaired) electrons. The Morgan fingerprint density at radius 2 is 1.82 bits per heavy atom. The lowest BCUT2D eigenvalue weighted by Crippen LogP contribution is -2.13. The van der Waals surface area contributed by atoms with Crippen LogP contribution in [-0.2, 0) is 9.53 Å². The van der Waals surface area contributed by atoms with Crippen molar-refractivity contribution in [1.82, 2.24) is 4.57 Å². The largest absolute Gasteiger partial charge is 0.462 e. The first kappa shape index (κ1) is 24.0. The first-order valence-electron chi connectivity index (χ1n) is 10.6. The number of hydrogen-bond donors (Lipinski definition) is 1. The van der Waals surface area contributed by atoms with Crippen molar-refractivity contribution >= 4 is 35.0 Å². The van der Waals surface area contributed by atoms with Crippen molar-refractivity contribution in [3.05, 3.63) is 74.4 Å². The van der Waals surface area contributed by atoms with Gasteiger partial charge in [-0.15, -0.1) is 11.3 Å². The zero-order chi connectivity index (χ0) is 24.3. The molecule has 0 aliphatic heterocycles. The molecule has 1 N–H and O–H groups in total. The fourth-order valence-electron chi connectivity index (χ4n) is 3.60. The average Bonchev–Trinajstić information content (AvgIpc) is 3.21. The van der Waals surface area contributed by atoms with Gasteiger partial charge in [-0.3, -0.25) is 4.79 Å². The molecular weight excluding hydrogens is 434 g/mol. The summed E-state index contributed by atoms with van der Waals surface area (Å²) in [6.07, 6.45) is 1.58. The van der Waals surface area contributed by atoms with Crippen molar-refractivity contribution in [3.8, 4) is 11.1 Å². The summed E-state index contributed by atoms with van der Waals surface area (Å²) < 4.78 is 7.28. The molecule has 3 rings (SSSR count). The van der Waals surface area contributed by atoms with Crippen molar-refractivity contribution in [2.24, 2.45) is 0 Å². The molecular formula is C26H27N3O3S. The van der Waals surface area contributed by atoms with Gasteiger partial charge in [0.2, 0.25) is 0 Å². The number of amides is 1. The van der Waals surface area contributed by atoms with Crippen LogP contribution in [-0.4, -0.2) is 23.1 Å². The lowest BCUT2D eigenvalue weighted by atomic mass is 10.1. The molecule has 0 aliphatic carbocycles. The smallest absolute Gasteiger partial charge is 0.341 e. The third kappa shape index (κ3) is 4.91. The van der Waals surface area contributed by atoms with Crippen molar-refractivity contribution < 1.29 is 14.3 Å². The number of hydrogen-bond acceptors (Lipinski definition) is 5. The Labute approximate surface area is 198 Å². The van der Waals surface area contributed by atoms with Gasteiger partial charge in [-0.2, -0.15) is 5.26 Å². The monoisotopic (exact) mass is 461 g/mol. The number of carbonyl (C=O) groups excluding carboxylic acids is 2. The van der Waals surface area contributed by atoms with Gasteiger partial charge in [0.25, 0.3) is 5.91 Å². The second kappa shape index (κ2) is 9.88. The van der Waals surface area contributed by atoms with Crippen LogP contribution in [0.15, 0.2) is 35.9 Å². The van der Waals surface area contributed by atoms with Gasteiger partial charge in [0.15, 0.2) is 0 Å². The number of nitrogens with zero attached hydrogens (tertiary/aromatic N) is 2. The van der Waals surface area contributed by atoms with E-state index in [1.54, 1.807) is 25.1 Å². The van der Waals surface area contributed by atoms with Gasteiger partial charge in [0.05, 0.1) is 12.2 Å². The minimum absolute atomic E-state index is 0.0000168. The minimum Gasteiger partial charge on any atom is -0.462 e. The molecule has 0 atom stereocenters. The maximum absolute atomic E-state index is 12.7. The second-order valence-corrected chi connectivity index (χ2v) is 9.04. The van der Waals surface area contributed by atoms with E-state index in [0.29, 0.717) is 17.9 Å². The summed E-state index contributed by atoms with van der Waals surface area (Å²) in [6.45, 7) is 11.8. The van der Waals surface area contributed by atoms with Gasteiger partial charge in [0.1, 0.15) is 16.6 Å². The highest BCUT2D eigenvalue weighted by atomic mass is 32.1. The van der Waals surface area contributed by atoms with Gasteiger partial charge in [-0.05, 0) is 76.9 Å². The fraction of sp³-hybridized carbons (Fsp3) is 0.269. The predicted molar refractivity (Wildman–Crippen MR) is 132 cm³/mol. The molecule has 170 valence electrons. The quantitative estimate of drug-likeness (QED) is 0.285. The summed E-state index contributed by atoms with van der Waals surface area (Å²) in [6, 6.07) is 11.3. The first-order valence-corrected chi connectivity index (χ1v) is 11.5. The molecule has 2 aromatic heterocycles. The van der Waals surface area contributed by atoms with E-state index in [-0.39, 0.29) is 11.5 Å². The zero-order valence-electron chi connectivity index (χ0n) is 19.7. The van der Waals surface area contributed by atoms with Crippen LogP contribution in [0.25, 0.3) is 11.1 Å². The van der Waals surface area contributed by atoms with E-state index >= 15 is 0 Å². The molecule has 0 saturated carbocycles. The number of esters is 1. The lowest BCUT2D eigenvalue weighted by molar-refractivity contribution is -0.112. The Hall–Kier alpha value is -3.63. The number of ether oxygens (including phenoxy) is 1. The maximum Gasteiger partial charge on any atom is 0.341 e.